The lowest BCUT2D eigenvalue weighted by atomic mass is 10.0. The van der Waals surface area contributed by atoms with Crippen LogP contribution in [0.3, 0.4) is 0 Å². The van der Waals surface area contributed by atoms with Gasteiger partial charge in [0.25, 0.3) is 0 Å². The van der Waals surface area contributed by atoms with Gasteiger partial charge in [0.15, 0.2) is 6.04 Å². The van der Waals surface area contributed by atoms with E-state index in [9.17, 15) is 4.79 Å². The highest BCUT2D eigenvalue weighted by Gasteiger charge is 2.25. The minimum Gasteiger partial charge on any atom is -0.458 e. The molecule has 0 saturated carbocycles. The number of carbonyl (C=O) groups is 1. The molecule has 0 aliphatic carbocycles. The van der Waals surface area contributed by atoms with Gasteiger partial charge in [-0.1, -0.05) is 103 Å². The number of ether oxygens (including phenoxy) is 1. The van der Waals surface area contributed by atoms with Crippen LogP contribution in [0.4, 0.5) is 0 Å². The molecule has 3 rings (SSSR count). The van der Waals surface area contributed by atoms with E-state index in [2.05, 4.69) is 0 Å². The molecule has 0 saturated heterocycles. The minimum absolute atomic E-state index is 0.324. The van der Waals surface area contributed by atoms with Crippen molar-refractivity contribution in [2.24, 2.45) is 4.99 Å². The Morgan fingerprint density at radius 2 is 1.32 bits per heavy atom. The smallest absolute Gasteiger partial charge is 0.331 e. The molecule has 1 atom stereocenters. The van der Waals surface area contributed by atoms with Gasteiger partial charge in [-0.3, -0.25) is 4.99 Å². The third-order valence-electron chi connectivity index (χ3n) is 4.53. The first-order chi connectivity index (χ1) is 14.9. The van der Waals surface area contributed by atoms with Gasteiger partial charge in [0.1, 0.15) is 5.60 Å². The number of benzene rings is 3. The van der Waals surface area contributed by atoms with E-state index in [0.29, 0.717) is 6.42 Å². The number of carbonyl (C=O) groups excluding carboxylic acids is 1. The van der Waals surface area contributed by atoms with Crippen LogP contribution < -0.4 is 0 Å². The topological polar surface area (TPSA) is 38.7 Å². The van der Waals surface area contributed by atoms with Gasteiger partial charge < -0.3 is 4.74 Å². The summed E-state index contributed by atoms with van der Waals surface area (Å²) in [6.45, 7) is 5.63. The molecule has 0 aromatic heterocycles. The van der Waals surface area contributed by atoms with Crippen molar-refractivity contribution in [2.45, 2.75) is 38.8 Å². The Labute approximate surface area is 185 Å². The number of hydrogen-bond acceptors (Lipinski definition) is 3. The quantitative estimate of drug-likeness (QED) is 0.336. The van der Waals surface area contributed by atoms with E-state index < -0.39 is 11.6 Å². The summed E-state index contributed by atoms with van der Waals surface area (Å²) in [5, 5.41) is 0. The van der Waals surface area contributed by atoms with Crippen molar-refractivity contribution in [3.8, 4) is 0 Å². The Hall–Kier alpha value is -3.46. The molecule has 0 bridgehead atoms. The molecule has 0 N–H and O–H groups in total. The molecule has 3 heteroatoms. The molecule has 3 aromatic rings. The van der Waals surface area contributed by atoms with Crippen LogP contribution in [0.15, 0.2) is 102 Å². The summed E-state index contributed by atoms with van der Waals surface area (Å²) < 4.78 is 5.70. The summed E-state index contributed by atoms with van der Waals surface area (Å²) in [5.41, 5.74) is 3.22. The van der Waals surface area contributed by atoms with Crippen molar-refractivity contribution < 1.29 is 9.53 Å². The lowest BCUT2D eigenvalue weighted by Gasteiger charge is -2.22. The number of aliphatic imine (C=N–C) groups is 1. The average Bonchev–Trinajstić information content (AvgIpc) is 2.77. The Morgan fingerprint density at radius 3 is 1.81 bits per heavy atom. The maximum Gasteiger partial charge on any atom is 0.331 e. The van der Waals surface area contributed by atoms with Gasteiger partial charge in [0.05, 0.1) is 5.71 Å². The van der Waals surface area contributed by atoms with Gasteiger partial charge >= 0.3 is 5.97 Å². The molecular formula is C28H29NO2. The average molecular weight is 412 g/mol. The number of esters is 1. The van der Waals surface area contributed by atoms with Crippen LogP contribution in [0.25, 0.3) is 6.08 Å². The fourth-order valence-electron chi connectivity index (χ4n) is 3.13. The molecule has 158 valence electrons. The number of rotatable bonds is 7. The molecule has 3 nitrogen and oxygen atoms in total. The lowest BCUT2D eigenvalue weighted by Crippen LogP contribution is -2.31. The molecule has 31 heavy (non-hydrogen) atoms. The van der Waals surface area contributed by atoms with Crippen LogP contribution in [0.1, 0.15) is 43.9 Å². The Bertz CT molecular complexity index is 975. The largest absolute Gasteiger partial charge is 0.458 e. The van der Waals surface area contributed by atoms with Crippen molar-refractivity contribution in [2.75, 3.05) is 0 Å². The summed E-state index contributed by atoms with van der Waals surface area (Å²) in [6.07, 6.45) is 4.45. The minimum atomic E-state index is -0.644. The third-order valence-corrected chi connectivity index (χ3v) is 4.53. The predicted molar refractivity (Wildman–Crippen MR) is 128 cm³/mol. The van der Waals surface area contributed by atoms with E-state index in [-0.39, 0.29) is 5.97 Å². The van der Waals surface area contributed by atoms with Gasteiger partial charge in [-0.05, 0) is 32.8 Å². The lowest BCUT2D eigenvalue weighted by molar-refractivity contribution is -0.156. The van der Waals surface area contributed by atoms with Gasteiger partial charge in [-0.2, -0.15) is 0 Å². The molecule has 0 unspecified atom stereocenters. The molecule has 0 aliphatic heterocycles. The normalized spacial score (nSPS) is 12.4. The Balaban J connectivity index is 1.97. The van der Waals surface area contributed by atoms with Crippen molar-refractivity contribution in [1.82, 2.24) is 0 Å². The summed E-state index contributed by atoms with van der Waals surface area (Å²) in [4.78, 5) is 18.0. The zero-order valence-corrected chi connectivity index (χ0v) is 18.4. The maximum atomic E-state index is 13.0. The Kier molecular flexibility index (Phi) is 7.55. The fraction of sp³-hybridized carbons (Fsp3) is 0.214. The van der Waals surface area contributed by atoms with Crippen molar-refractivity contribution >= 4 is 17.8 Å². The monoisotopic (exact) mass is 411 g/mol. The Morgan fingerprint density at radius 1 is 0.839 bits per heavy atom. The standard InChI is InChI=1S/C28H29NO2/c1-28(2,3)31-27(30)25(21-13-16-22-14-7-4-8-15-22)29-26(23-17-9-5-10-18-23)24-19-11-6-12-20-24/h4-20,25H,21H2,1-3H3/b16-13+/t25-/m0/s1. The molecule has 3 aromatic carbocycles. The zero-order chi connectivity index (χ0) is 22.1. The molecule has 0 aliphatic rings. The fourth-order valence-corrected chi connectivity index (χ4v) is 3.13. The van der Waals surface area contributed by atoms with Crippen LogP contribution in [-0.4, -0.2) is 23.3 Å². The molecular weight excluding hydrogens is 382 g/mol. The summed E-state index contributed by atoms with van der Waals surface area (Å²) in [5.74, 6) is -0.324. The number of hydrogen-bond donors (Lipinski definition) is 0. The maximum absolute atomic E-state index is 13.0. The van der Waals surface area contributed by atoms with Crippen molar-refractivity contribution in [3.05, 3.63) is 114 Å². The zero-order valence-electron chi connectivity index (χ0n) is 18.4. The SMILES string of the molecule is CC(C)(C)OC(=O)[C@H](C/C=C/c1ccccc1)N=C(c1ccccc1)c1ccccc1. The first kappa shape index (κ1) is 22.2. The highest BCUT2D eigenvalue weighted by molar-refractivity contribution is 6.13. The molecule has 0 fully saturated rings. The van der Waals surface area contributed by atoms with E-state index in [1.165, 1.54) is 0 Å². The highest BCUT2D eigenvalue weighted by Crippen LogP contribution is 2.17. The first-order valence-electron chi connectivity index (χ1n) is 10.6. The van der Waals surface area contributed by atoms with E-state index in [4.69, 9.17) is 9.73 Å². The molecule has 0 spiro atoms. The second-order valence-corrected chi connectivity index (χ2v) is 8.31. The van der Waals surface area contributed by atoms with Gasteiger partial charge in [-0.25, -0.2) is 4.79 Å². The van der Waals surface area contributed by atoms with E-state index in [1.54, 1.807) is 0 Å². The summed E-state index contributed by atoms with van der Waals surface area (Å²) in [6, 6.07) is 29.3. The highest BCUT2D eigenvalue weighted by atomic mass is 16.6. The van der Waals surface area contributed by atoms with E-state index >= 15 is 0 Å². The number of nitrogens with zero attached hydrogens (tertiary/aromatic N) is 1. The van der Waals surface area contributed by atoms with E-state index in [1.807, 2.05) is 124 Å². The second-order valence-electron chi connectivity index (χ2n) is 8.31. The van der Waals surface area contributed by atoms with Crippen molar-refractivity contribution in [1.29, 1.82) is 0 Å². The molecule has 0 amide bonds. The summed E-state index contributed by atoms with van der Waals surface area (Å²) >= 11 is 0. The van der Waals surface area contributed by atoms with Gasteiger partial charge in [0, 0.05) is 11.1 Å². The van der Waals surface area contributed by atoms with Crippen LogP contribution in [0, 0.1) is 0 Å². The predicted octanol–water partition coefficient (Wildman–Crippen LogP) is 6.34. The van der Waals surface area contributed by atoms with Crippen LogP contribution in [0.2, 0.25) is 0 Å². The van der Waals surface area contributed by atoms with Crippen LogP contribution in [-0.2, 0) is 9.53 Å². The van der Waals surface area contributed by atoms with Gasteiger partial charge in [0.2, 0.25) is 0 Å². The van der Waals surface area contributed by atoms with Crippen LogP contribution >= 0.6 is 0 Å². The molecule has 0 radical (unpaired) electrons. The summed E-state index contributed by atoms with van der Waals surface area (Å²) in [7, 11) is 0. The first-order valence-corrected chi connectivity index (χ1v) is 10.6. The van der Waals surface area contributed by atoms with Gasteiger partial charge in [-0.15, -0.1) is 0 Å². The molecule has 0 heterocycles. The third kappa shape index (κ3) is 7.07. The van der Waals surface area contributed by atoms with E-state index in [0.717, 1.165) is 22.4 Å². The second kappa shape index (κ2) is 10.5. The van der Waals surface area contributed by atoms with Crippen LogP contribution in [0.5, 0.6) is 0 Å². The van der Waals surface area contributed by atoms with Crippen molar-refractivity contribution in [3.63, 3.8) is 0 Å².